The number of rotatable bonds is 5. The Kier molecular flexibility index (Phi) is 3.81. The Labute approximate surface area is 105 Å². The van der Waals surface area contributed by atoms with Gasteiger partial charge in [0, 0.05) is 13.2 Å². The first kappa shape index (κ1) is 12.8. The van der Waals surface area contributed by atoms with E-state index < -0.39 is 11.8 Å². The van der Waals surface area contributed by atoms with Gasteiger partial charge in [-0.3, -0.25) is 0 Å². The van der Waals surface area contributed by atoms with Gasteiger partial charge in [0.05, 0.1) is 5.69 Å². The molecule has 1 aromatic rings. The Morgan fingerprint density at radius 3 is 2.72 bits per heavy atom. The molecule has 4 nitrogen and oxygen atoms in total. The molecule has 0 spiro atoms. The van der Waals surface area contributed by atoms with E-state index in [1.54, 1.807) is 12.1 Å². The molecule has 0 heterocycles. The maximum Gasteiger partial charge on any atom is 0.319 e. The van der Waals surface area contributed by atoms with Crippen LogP contribution in [0.4, 0.5) is 14.9 Å². The lowest BCUT2D eigenvalue weighted by atomic mass is 10.0. The topological polar surface area (TPSA) is 61.4 Å². The number of amides is 2. The van der Waals surface area contributed by atoms with E-state index in [1.165, 1.54) is 12.1 Å². The van der Waals surface area contributed by atoms with E-state index >= 15 is 0 Å². The van der Waals surface area contributed by atoms with Crippen molar-refractivity contribution in [3.05, 3.63) is 30.1 Å². The fourth-order valence-electron chi connectivity index (χ4n) is 1.93. The Morgan fingerprint density at radius 2 is 2.11 bits per heavy atom. The number of aliphatic hydroxyl groups excluding tert-OH is 1. The van der Waals surface area contributed by atoms with E-state index in [0.29, 0.717) is 13.0 Å². The van der Waals surface area contributed by atoms with Crippen LogP contribution in [-0.2, 0) is 0 Å². The van der Waals surface area contributed by atoms with Crippen molar-refractivity contribution in [2.24, 2.45) is 5.41 Å². The summed E-state index contributed by atoms with van der Waals surface area (Å²) in [5, 5.41) is 14.1. The third-order valence-corrected chi connectivity index (χ3v) is 3.35. The van der Waals surface area contributed by atoms with Gasteiger partial charge in [-0.1, -0.05) is 12.1 Å². The molecule has 0 aliphatic heterocycles. The van der Waals surface area contributed by atoms with E-state index in [-0.39, 0.29) is 17.7 Å². The number of urea groups is 1. The first-order valence-corrected chi connectivity index (χ1v) is 6.05. The van der Waals surface area contributed by atoms with Crippen molar-refractivity contribution in [2.75, 3.05) is 18.5 Å². The summed E-state index contributed by atoms with van der Waals surface area (Å²) in [4.78, 5) is 11.6. The minimum Gasteiger partial charge on any atom is -0.396 e. The molecule has 5 heteroatoms. The van der Waals surface area contributed by atoms with Crippen molar-refractivity contribution >= 4 is 11.7 Å². The van der Waals surface area contributed by atoms with Crippen LogP contribution in [0, 0.1) is 11.2 Å². The zero-order valence-corrected chi connectivity index (χ0v) is 10.1. The second kappa shape index (κ2) is 5.35. The van der Waals surface area contributed by atoms with Gasteiger partial charge in [0.2, 0.25) is 0 Å². The largest absolute Gasteiger partial charge is 0.396 e. The zero-order chi connectivity index (χ0) is 13.0. The average Bonchev–Trinajstić information content (AvgIpc) is 3.11. The predicted molar refractivity (Wildman–Crippen MR) is 66.8 cm³/mol. The van der Waals surface area contributed by atoms with Gasteiger partial charge in [0.15, 0.2) is 0 Å². The van der Waals surface area contributed by atoms with Crippen molar-refractivity contribution < 1.29 is 14.3 Å². The van der Waals surface area contributed by atoms with Crippen LogP contribution in [0.3, 0.4) is 0 Å². The number of benzene rings is 1. The second-order valence-corrected chi connectivity index (χ2v) is 4.76. The summed E-state index contributed by atoms with van der Waals surface area (Å²) in [5.74, 6) is -0.454. The highest BCUT2D eigenvalue weighted by atomic mass is 19.1. The summed E-state index contributed by atoms with van der Waals surface area (Å²) >= 11 is 0. The maximum absolute atomic E-state index is 13.3. The van der Waals surface area contributed by atoms with Gasteiger partial charge in [-0.15, -0.1) is 0 Å². The van der Waals surface area contributed by atoms with Crippen LogP contribution < -0.4 is 10.6 Å². The van der Waals surface area contributed by atoms with Gasteiger partial charge < -0.3 is 15.7 Å². The quantitative estimate of drug-likeness (QED) is 0.751. The summed E-state index contributed by atoms with van der Waals surface area (Å²) < 4.78 is 13.3. The number of carbonyl (C=O) groups excluding carboxylic acids is 1. The Bertz CT molecular complexity index is 433. The van der Waals surface area contributed by atoms with E-state index in [1.807, 2.05) is 0 Å². The molecule has 2 amide bonds. The van der Waals surface area contributed by atoms with Gasteiger partial charge in [-0.05, 0) is 36.8 Å². The van der Waals surface area contributed by atoms with E-state index in [2.05, 4.69) is 10.6 Å². The molecule has 3 N–H and O–H groups in total. The van der Waals surface area contributed by atoms with Gasteiger partial charge >= 0.3 is 6.03 Å². The fourth-order valence-corrected chi connectivity index (χ4v) is 1.93. The molecule has 1 aromatic carbocycles. The number of para-hydroxylation sites is 1. The van der Waals surface area contributed by atoms with Crippen LogP contribution >= 0.6 is 0 Å². The van der Waals surface area contributed by atoms with Crippen molar-refractivity contribution in [1.82, 2.24) is 5.32 Å². The smallest absolute Gasteiger partial charge is 0.319 e. The van der Waals surface area contributed by atoms with Crippen molar-refractivity contribution in [2.45, 2.75) is 19.3 Å². The van der Waals surface area contributed by atoms with Crippen molar-refractivity contribution in [3.63, 3.8) is 0 Å². The molecule has 0 unspecified atom stereocenters. The highest BCUT2D eigenvalue weighted by Gasteiger charge is 2.41. The summed E-state index contributed by atoms with van der Waals surface area (Å²) in [5.41, 5.74) is 0.225. The minimum atomic E-state index is -0.454. The number of carbonyl (C=O) groups is 1. The summed E-state index contributed by atoms with van der Waals surface area (Å²) in [7, 11) is 0. The molecule has 0 saturated heterocycles. The summed E-state index contributed by atoms with van der Waals surface area (Å²) in [6, 6.07) is 5.62. The molecule has 0 atom stereocenters. The number of halogens is 1. The first-order valence-electron chi connectivity index (χ1n) is 6.05. The Morgan fingerprint density at radius 1 is 1.39 bits per heavy atom. The molecule has 98 valence electrons. The standard InChI is InChI=1S/C13H17FN2O2/c14-10-3-1-2-4-11(10)16-12(18)15-9-13(5-6-13)7-8-17/h1-4,17H,5-9H2,(H2,15,16,18). The third kappa shape index (κ3) is 3.20. The van der Waals surface area contributed by atoms with Gasteiger partial charge in [0.25, 0.3) is 0 Å². The van der Waals surface area contributed by atoms with Crippen LogP contribution in [0.2, 0.25) is 0 Å². The molecule has 0 bridgehead atoms. The molecule has 1 aliphatic carbocycles. The molecular formula is C13H17FN2O2. The fraction of sp³-hybridized carbons (Fsp3) is 0.462. The van der Waals surface area contributed by atoms with Crippen molar-refractivity contribution in [1.29, 1.82) is 0 Å². The molecular weight excluding hydrogens is 235 g/mol. The number of anilines is 1. The SMILES string of the molecule is O=C(NCC1(CCO)CC1)Nc1ccccc1F. The average molecular weight is 252 g/mol. The van der Waals surface area contributed by atoms with Crippen LogP contribution in [-0.4, -0.2) is 24.3 Å². The van der Waals surface area contributed by atoms with E-state index in [9.17, 15) is 9.18 Å². The maximum atomic E-state index is 13.3. The molecule has 1 saturated carbocycles. The summed E-state index contributed by atoms with van der Waals surface area (Å²) in [6.45, 7) is 0.657. The third-order valence-electron chi connectivity index (χ3n) is 3.35. The number of hydrogen-bond acceptors (Lipinski definition) is 2. The van der Waals surface area contributed by atoms with E-state index in [0.717, 1.165) is 12.8 Å². The molecule has 0 radical (unpaired) electrons. The molecule has 1 fully saturated rings. The Balaban J connectivity index is 1.81. The lowest BCUT2D eigenvalue weighted by Gasteiger charge is -2.15. The number of hydrogen-bond donors (Lipinski definition) is 3. The van der Waals surface area contributed by atoms with Crippen LogP contribution in [0.1, 0.15) is 19.3 Å². The highest BCUT2D eigenvalue weighted by molar-refractivity contribution is 5.89. The lowest BCUT2D eigenvalue weighted by Crippen LogP contribution is -2.34. The molecule has 0 aromatic heterocycles. The van der Waals surface area contributed by atoms with Crippen LogP contribution in [0.5, 0.6) is 0 Å². The number of aliphatic hydroxyl groups is 1. The van der Waals surface area contributed by atoms with Gasteiger partial charge in [-0.25, -0.2) is 9.18 Å². The molecule has 1 aliphatic rings. The minimum absolute atomic E-state index is 0.0569. The van der Waals surface area contributed by atoms with Gasteiger partial charge in [-0.2, -0.15) is 0 Å². The molecule has 18 heavy (non-hydrogen) atoms. The van der Waals surface area contributed by atoms with Crippen molar-refractivity contribution in [3.8, 4) is 0 Å². The van der Waals surface area contributed by atoms with Gasteiger partial charge in [0.1, 0.15) is 5.82 Å². The van der Waals surface area contributed by atoms with E-state index in [4.69, 9.17) is 5.11 Å². The first-order chi connectivity index (χ1) is 8.65. The normalized spacial score (nSPS) is 16.1. The highest BCUT2D eigenvalue weighted by Crippen LogP contribution is 2.47. The monoisotopic (exact) mass is 252 g/mol. The van der Waals surface area contributed by atoms with Crippen LogP contribution in [0.25, 0.3) is 0 Å². The lowest BCUT2D eigenvalue weighted by molar-refractivity contribution is 0.234. The number of nitrogens with one attached hydrogen (secondary N) is 2. The second-order valence-electron chi connectivity index (χ2n) is 4.76. The molecule has 2 rings (SSSR count). The zero-order valence-electron chi connectivity index (χ0n) is 10.1. The van der Waals surface area contributed by atoms with Crippen LogP contribution in [0.15, 0.2) is 24.3 Å². The predicted octanol–water partition coefficient (Wildman–Crippen LogP) is 2.11. The Hall–Kier alpha value is -1.62. The summed E-state index contributed by atoms with van der Waals surface area (Å²) in [6.07, 6.45) is 2.74.